The predicted octanol–water partition coefficient (Wildman–Crippen LogP) is 1.79. The SMILES string of the molecule is Cc1nc(CCNS(=O)(=O)c2ccc(CBr)cc2)no1. The van der Waals surface area contributed by atoms with Gasteiger partial charge in [0.1, 0.15) is 0 Å². The third-order valence-electron chi connectivity index (χ3n) is 2.60. The normalized spacial score (nSPS) is 11.7. The number of rotatable bonds is 6. The third kappa shape index (κ3) is 3.87. The van der Waals surface area contributed by atoms with Crippen molar-refractivity contribution in [3.8, 4) is 0 Å². The van der Waals surface area contributed by atoms with Gasteiger partial charge >= 0.3 is 0 Å². The Morgan fingerprint density at radius 2 is 2.00 bits per heavy atom. The lowest BCUT2D eigenvalue weighted by molar-refractivity contribution is 0.387. The fourth-order valence-electron chi connectivity index (χ4n) is 1.58. The molecular formula is C12H14BrN3O3S. The molecule has 0 saturated carbocycles. The zero-order valence-electron chi connectivity index (χ0n) is 10.8. The smallest absolute Gasteiger partial charge is 0.240 e. The molecule has 2 aromatic rings. The van der Waals surface area contributed by atoms with Crippen LogP contribution in [0, 0.1) is 6.92 Å². The van der Waals surface area contributed by atoms with Crippen molar-refractivity contribution in [2.45, 2.75) is 23.6 Å². The zero-order valence-corrected chi connectivity index (χ0v) is 13.2. The molecule has 2 rings (SSSR count). The molecule has 0 atom stereocenters. The topological polar surface area (TPSA) is 85.1 Å². The quantitative estimate of drug-likeness (QED) is 0.794. The summed E-state index contributed by atoms with van der Waals surface area (Å²) in [5.74, 6) is 0.952. The fourth-order valence-corrected chi connectivity index (χ4v) is 2.99. The summed E-state index contributed by atoms with van der Waals surface area (Å²) in [4.78, 5) is 4.25. The van der Waals surface area contributed by atoms with E-state index in [1.54, 1.807) is 31.2 Å². The summed E-state index contributed by atoms with van der Waals surface area (Å²) in [5, 5.41) is 4.40. The second-order valence-corrected chi connectivity index (χ2v) is 6.48. The minimum Gasteiger partial charge on any atom is -0.340 e. The number of hydrogen-bond acceptors (Lipinski definition) is 5. The van der Waals surface area contributed by atoms with Gasteiger partial charge in [0.2, 0.25) is 15.9 Å². The number of nitrogens with one attached hydrogen (secondary N) is 1. The van der Waals surface area contributed by atoms with Crippen molar-refractivity contribution in [3.63, 3.8) is 0 Å². The molecule has 0 saturated heterocycles. The van der Waals surface area contributed by atoms with Crippen LogP contribution in [0.2, 0.25) is 0 Å². The number of aromatic nitrogens is 2. The maximum Gasteiger partial charge on any atom is 0.240 e. The molecule has 1 aromatic heterocycles. The summed E-state index contributed by atoms with van der Waals surface area (Å²) in [6, 6.07) is 6.70. The van der Waals surface area contributed by atoms with Crippen LogP contribution in [0.1, 0.15) is 17.3 Å². The highest BCUT2D eigenvalue weighted by molar-refractivity contribution is 9.08. The van der Waals surface area contributed by atoms with Crippen molar-refractivity contribution < 1.29 is 12.9 Å². The lowest BCUT2D eigenvalue weighted by atomic mass is 10.2. The minimum atomic E-state index is -3.50. The summed E-state index contributed by atoms with van der Waals surface area (Å²) in [6.45, 7) is 1.91. The Morgan fingerprint density at radius 1 is 1.30 bits per heavy atom. The van der Waals surface area contributed by atoms with Gasteiger partial charge in [0.15, 0.2) is 5.82 Å². The van der Waals surface area contributed by atoms with Gasteiger partial charge in [-0.05, 0) is 17.7 Å². The highest BCUT2D eigenvalue weighted by Gasteiger charge is 2.13. The average molecular weight is 360 g/mol. The van der Waals surface area contributed by atoms with E-state index in [0.29, 0.717) is 23.5 Å². The van der Waals surface area contributed by atoms with E-state index in [0.717, 1.165) is 5.56 Å². The standard InChI is InChI=1S/C12H14BrN3O3S/c1-9-15-12(16-19-9)6-7-14-20(17,18)11-4-2-10(8-13)3-5-11/h2-5,14H,6-8H2,1H3. The monoisotopic (exact) mass is 359 g/mol. The second kappa shape index (κ2) is 6.47. The largest absolute Gasteiger partial charge is 0.340 e. The van der Waals surface area contributed by atoms with Crippen LogP contribution in [0.4, 0.5) is 0 Å². The molecule has 0 fully saturated rings. The second-order valence-electron chi connectivity index (χ2n) is 4.15. The molecule has 0 aliphatic heterocycles. The maximum atomic E-state index is 12.0. The van der Waals surface area contributed by atoms with Gasteiger partial charge in [0.05, 0.1) is 4.90 Å². The van der Waals surface area contributed by atoms with Gasteiger partial charge < -0.3 is 4.52 Å². The van der Waals surface area contributed by atoms with E-state index >= 15 is 0 Å². The highest BCUT2D eigenvalue weighted by atomic mass is 79.9. The molecule has 0 aliphatic carbocycles. The van der Waals surface area contributed by atoms with Crippen LogP contribution in [-0.2, 0) is 21.8 Å². The predicted molar refractivity (Wildman–Crippen MR) is 77.0 cm³/mol. The van der Waals surface area contributed by atoms with E-state index in [9.17, 15) is 8.42 Å². The molecule has 1 heterocycles. The molecule has 20 heavy (non-hydrogen) atoms. The fraction of sp³-hybridized carbons (Fsp3) is 0.333. The zero-order chi connectivity index (χ0) is 14.6. The Hall–Kier alpha value is -1.25. The molecular weight excluding hydrogens is 346 g/mol. The van der Waals surface area contributed by atoms with E-state index in [2.05, 4.69) is 30.8 Å². The van der Waals surface area contributed by atoms with Crippen LogP contribution in [0.3, 0.4) is 0 Å². The van der Waals surface area contributed by atoms with E-state index in [1.807, 2.05) is 0 Å². The third-order valence-corrected chi connectivity index (χ3v) is 4.72. The summed E-state index contributed by atoms with van der Waals surface area (Å²) >= 11 is 3.31. The van der Waals surface area contributed by atoms with Crippen LogP contribution in [0.25, 0.3) is 0 Å². The molecule has 0 unspecified atom stereocenters. The molecule has 108 valence electrons. The molecule has 0 radical (unpaired) electrons. The number of aryl methyl sites for hydroxylation is 1. The molecule has 0 spiro atoms. The van der Waals surface area contributed by atoms with Gasteiger partial charge in [-0.25, -0.2) is 13.1 Å². The molecule has 0 aliphatic rings. The number of halogens is 1. The Bertz CT molecular complexity index is 668. The Labute approximate surface area is 125 Å². The van der Waals surface area contributed by atoms with E-state index in [1.165, 1.54) is 0 Å². The van der Waals surface area contributed by atoms with E-state index in [4.69, 9.17) is 4.52 Å². The first-order valence-corrected chi connectivity index (χ1v) is 8.55. The summed E-state index contributed by atoms with van der Waals surface area (Å²) in [7, 11) is -3.50. The van der Waals surface area contributed by atoms with Crippen molar-refractivity contribution in [1.82, 2.24) is 14.9 Å². The first-order chi connectivity index (χ1) is 9.51. The average Bonchev–Trinajstić information content (AvgIpc) is 2.84. The van der Waals surface area contributed by atoms with Crippen LogP contribution >= 0.6 is 15.9 Å². The Morgan fingerprint density at radius 3 is 2.55 bits per heavy atom. The van der Waals surface area contributed by atoms with Crippen molar-refractivity contribution in [3.05, 3.63) is 41.5 Å². The lowest BCUT2D eigenvalue weighted by Crippen LogP contribution is -2.26. The van der Waals surface area contributed by atoms with E-state index in [-0.39, 0.29) is 11.4 Å². The summed E-state index contributed by atoms with van der Waals surface area (Å²) in [5.41, 5.74) is 1.02. The van der Waals surface area contributed by atoms with Gasteiger partial charge in [-0.1, -0.05) is 33.2 Å². The van der Waals surface area contributed by atoms with Crippen molar-refractivity contribution in [2.75, 3.05) is 6.54 Å². The van der Waals surface area contributed by atoms with Crippen LogP contribution in [-0.4, -0.2) is 25.1 Å². The number of nitrogens with zero attached hydrogens (tertiary/aromatic N) is 2. The molecule has 0 amide bonds. The molecule has 1 N–H and O–H groups in total. The van der Waals surface area contributed by atoms with Gasteiger partial charge in [-0.15, -0.1) is 0 Å². The summed E-state index contributed by atoms with van der Waals surface area (Å²) < 4.78 is 31.4. The van der Waals surface area contributed by atoms with Gasteiger partial charge in [0, 0.05) is 25.2 Å². The Balaban J connectivity index is 1.96. The van der Waals surface area contributed by atoms with Crippen molar-refractivity contribution in [1.29, 1.82) is 0 Å². The van der Waals surface area contributed by atoms with Gasteiger partial charge in [-0.2, -0.15) is 4.98 Å². The van der Waals surface area contributed by atoms with Crippen LogP contribution in [0.5, 0.6) is 0 Å². The van der Waals surface area contributed by atoms with Crippen molar-refractivity contribution >= 4 is 26.0 Å². The number of hydrogen-bond donors (Lipinski definition) is 1. The molecule has 1 aromatic carbocycles. The van der Waals surface area contributed by atoms with Crippen LogP contribution in [0.15, 0.2) is 33.7 Å². The maximum absolute atomic E-state index is 12.0. The first kappa shape index (κ1) is 15.1. The minimum absolute atomic E-state index is 0.224. The highest BCUT2D eigenvalue weighted by Crippen LogP contribution is 2.12. The van der Waals surface area contributed by atoms with Crippen molar-refractivity contribution in [2.24, 2.45) is 0 Å². The summed E-state index contributed by atoms with van der Waals surface area (Å²) in [6.07, 6.45) is 0.385. The molecule has 8 heteroatoms. The van der Waals surface area contributed by atoms with Gasteiger partial charge in [0.25, 0.3) is 0 Å². The number of alkyl halides is 1. The lowest BCUT2D eigenvalue weighted by Gasteiger charge is -2.06. The Kier molecular flexibility index (Phi) is 4.90. The number of benzene rings is 1. The number of sulfonamides is 1. The first-order valence-electron chi connectivity index (χ1n) is 5.95. The molecule has 0 bridgehead atoms. The van der Waals surface area contributed by atoms with Gasteiger partial charge in [-0.3, -0.25) is 0 Å². The van der Waals surface area contributed by atoms with Crippen LogP contribution < -0.4 is 4.72 Å². The molecule has 6 nitrogen and oxygen atoms in total. The van der Waals surface area contributed by atoms with E-state index < -0.39 is 10.0 Å².